The highest BCUT2D eigenvalue weighted by molar-refractivity contribution is 14.1. The third kappa shape index (κ3) is 2.23. The molecule has 82 valence electrons. The molecule has 2 saturated heterocycles. The highest BCUT2D eigenvalue weighted by Crippen LogP contribution is 2.31. The summed E-state index contributed by atoms with van der Waals surface area (Å²) in [6, 6.07) is 0.652. The third-order valence-electron chi connectivity index (χ3n) is 3.28. The minimum atomic E-state index is 0.143. The third-order valence-corrected chi connectivity index (χ3v) is 4.10. The second-order valence-corrected chi connectivity index (χ2v) is 6.05. The van der Waals surface area contributed by atoms with Crippen molar-refractivity contribution in [2.75, 3.05) is 32.8 Å². The molecule has 2 rings (SSSR count). The molecule has 0 saturated carbocycles. The van der Waals surface area contributed by atoms with Crippen LogP contribution in [0, 0.1) is 0 Å². The van der Waals surface area contributed by atoms with Crippen molar-refractivity contribution >= 4 is 22.9 Å². The van der Waals surface area contributed by atoms with E-state index in [2.05, 4.69) is 44.7 Å². The van der Waals surface area contributed by atoms with Gasteiger partial charge < -0.3 is 4.74 Å². The zero-order valence-electron chi connectivity index (χ0n) is 9.00. The summed E-state index contributed by atoms with van der Waals surface area (Å²) in [7, 11) is 0. The average molecular weight is 310 g/mol. The van der Waals surface area contributed by atoms with Crippen LogP contribution in [0.4, 0.5) is 0 Å². The zero-order valence-corrected chi connectivity index (χ0v) is 11.2. The molecule has 0 aromatic carbocycles. The Kier molecular flexibility index (Phi) is 3.36. The van der Waals surface area contributed by atoms with Crippen LogP contribution in [0.5, 0.6) is 0 Å². The lowest BCUT2D eigenvalue weighted by Crippen LogP contribution is -2.54. The summed E-state index contributed by atoms with van der Waals surface area (Å²) in [6.45, 7) is 9.93. The number of rotatable bonds is 1. The highest BCUT2D eigenvalue weighted by atomic mass is 127. The van der Waals surface area contributed by atoms with E-state index in [0.717, 1.165) is 26.2 Å². The first-order valence-corrected chi connectivity index (χ1v) is 6.37. The SMILES string of the molecule is CC(C)N1CCOC2(CCN(I)C2)C1. The van der Waals surface area contributed by atoms with Crippen molar-refractivity contribution < 1.29 is 4.74 Å². The van der Waals surface area contributed by atoms with E-state index >= 15 is 0 Å². The van der Waals surface area contributed by atoms with E-state index in [4.69, 9.17) is 4.74 Å². The van der Waals surface area contributed by atoms with Crippen molar-refractivity contribution in [3.8, 4) is 0 Å². The Balaban J connectivity index is 1.99. The summed E-state index contributed by atoms with van der Waals surface area (Å²) >= 11 is 2.40. The quantitative estimate of drug-likeness (QED) is 0.539. The molecule has 0 radical (unpaired) electrons. The Morgan fingerprint density at radius 1 is 1.29 bits per heavy atom. The molecule has 1 unspecified atom stereocenters. The Bertz CT molecular complexity index is 208. The summed E-state index contributed by atoms with van der Waals surface area (Å²) in [5.74, 6) is 0. The number of hydrogen-bond donors (Lipinski definition) is 0. The largest absolute Gasteiger partial charge is 0.371 e. The van der Waals surface area contributed by atoms with Crippen LogP contribution in [-0.4, -0.2) is 52.4 Å². The maximum Gasteiger partial charge on any atom is 0.0956 e. The highest BCUT2D eigenvalue weighted by Gasteiger charge is 2.42. The van der Waals surface area contributed by atoms with Gasteiger partial charge in [0, 0.05) is 55.1 Å². The lowest BCUT2D eigenvalue weighted by Gasteiger charge is -2.42. The number of nitrogens with zero attached hydrogens (tertiary/aromatic N) is 2. The molecule has 0 amide bonds. The topological polar surface area (TPSA) is 15.7 Å². The molecule has 1 spiro atoms. The van der Waals surface area contributed by atoms with E-state index in [0.29, 0.717) is 6.04 Å². The monoisotopic (exact) mass is 310 g/mol. The smallest absolute Gasteiger partial charge is 0.0956 e. The summed E-state index contributed by atoms with van der Waals surface area (Å²) in [6.07, 6.45) is 1.19. The summed E-state index contributed by atoms with van der Waals surface area (Å²) in [4.78, 5) is 2.54. The first kappa shape index (κ1) is 11.1. The molecule has 0 bridgehead atoms. The van der Waals surface area contributed by atoms with Crippen LogP contribution in [-0.2, 0) is 4.74 Å². The van der Waals surface area contributed by atoms with Gasteiger partial charge >= 0.3 is 0 Å². The Morgan fingerprint density at radius 3 is 2.64 bits per heavy atom. The molecular weight excluding hydrogens is 291 g/mol. The molecule has 2 heterocycles. The minimum Gasteiger partial charge on any atom is -0.371 e. The average Bonchev–Trinajstić information content (AvgIpc) is 2.47. The van der Waals surface area contributed by atoms with Gasteiger partial charge in [0.25, 0.3) is 0 Å². The number of halogens is 1. The van der Waals surface area contributed by atoms with E-state index in [1.807, 2.05) is 0 Å². The van der Waals surface area contributed by atoms with Crippen molar-refractivity contribution in [1.29, 1.82) is 0 Å². The molecule has 3 nitrogen and oxygen atoms in total. The van der Waals surface area contributed by atoms with E-state index in [-0.39, 0.29) is 5.60 Å². The second kappa shape index (κ2) is 4.23. The van der Waals surface area contributed by atoms with Crippen molar-refractivity contribution in [2.45, 2.75) is 31.9 Å². The Morgan fingerprint density at radius 2 is 2.07 bits per heavy atom. The lowest BCUT2D eigenvalue weighted by molar-refractivity contribution is -0.105. The number of morpholine rings is 1. The molecular formula is C10H19IN2O. The molecule has 2 fully saturated rings. The van der Waals surface area contributed by atoms with Gasteiger partial charge in [-0.05, 0) is 20.3 Å². The lowest BCUT2D eigenvalue weighted by atomic mass is 10.00. The van der Waals surface area contributed by atoms with Gasteiger partial charge in [-0.25, -0.2) is 3.11 Å². The molecule has 0 aromatic rings. The van der Waals surface area contributed by atoms with Gasteiger partial charge in [-0.3, -0.25) is 4.90 Å². The summed E-state index contributed by atoms with van der Waals surface area (Å²) < 4.78 is 8.34. The van der Waals surface area contributed by atoms with Crippen LogP contribution in [0.15, 0.2) is 0 Å². The van der Waals surface area contributed by atoms with Gasteiger partial charge in [-0.1, -0.05) is 0 Å². The molecule has 0 N–H and O–H groups in total. The van der Waals surface area contributed by atoms with Crippen molar-refractivity contribution in [2.24, 2.45) is 0 Å². The molecule has 1 atom stereocenters. The van der Waals surface area contributed by atoms with Crippen LogP contribution in [0.2, 0.25) is 0 Å². The fourth-order valence-corrected chi connectivity index (χ4v) is 3.22. The second-order valence-electron chi connectivity index (χ2n) is 4.69. The van der Waals surface area contributed by atoms with E-state index in [1.54, 1.807) is 0 Å². The van der Waals surface area contributed by atoms with Gasteiger partial charge in [-0.2, -0.15) is 0 Å². The fraction of sp³-hybridized carbons (Fsp3) is 1.00. The van der Waals surface area contributed by atoms with Crippen LogP contribution in [0.25, 0.3) is 0 Å². The summed E-state index contributed by atoms with van der Waals surface area (Å²) in [5.41, 5.74) is 0.143. The molecule has 0 aliphatic carbocycles. The fourth-order valence-electron chi connectivity index (χ4n) is 2.36. The molecule has 2 aliphatic heterocycles. The Labute approximate surface area is 100 Å². The minimum absolute atomic E-state index is 0.143. The van der Waals surface area contributed by atoms with E-state index < -0.39 is 0 Å². The number of ether oxygens (including phenoxy) is 1. The van der Waals surface area contributed by atoms with Crippen LogP contribution in [0.3, 0.4) is 0 Å². The molecule has 4 heteroatoms. The van der Waals surface area contributed by atoms with Crippen LogP contribution in [0.1, 0.15) is 20.3 Å². The maximum atomic E-state index is 5.99. The van der Waals surface area contributed by atoms with Crippen LogP contribution >= 0.6 is 22.9 Å². The molecule has 14 heavy (non-hydrogen) atoms. The molecule has 2 aliphatic rings. The zero-order chi connectivity index (χ0) is 10.2. The van der Waals surface area contributed by atoms with Crippen molar-refractivity contribution in [3.63, 3.8) is 0 Å². The molecule has 0 aromatic heterocycles. The van der Waals surface area contributed by atoms with Crippen molar-refractivity contribution in [3.05, 3.63) is 0 Å². The maximum absolute atomic E-state index is 5.99. The standard InChI is InChI=1S/C10H19IN2O/c1-9(2)12-5-6-14-10(7-12)3-4-13(11)8-10/h9H,3-8H2,1-2H3. The van der Waals surface area contributed by atoms with Crippen LogP contribution < -0.4 is 0 Å². The van der Waals surface area contributed by atoms with E-state index in [9.17, 15) is 0 Å². The van der Waals surface area contributed by atoms with Gasteiger partial charge in [0.15, 0.2) is 0 Å². The van der Waals surface area contributed by atoms with Crippen molar-refractivity contribution in [1.82, 2.24) is 8.01 Å². The normalized spacial score (nSPS) is 36.0. The predicted molar refractivity (Wildman–Crippen MR) is 65.6 cm³/mol. The first-order chi connectivity index (χ1) is 6.61. The number of hydrogen-bond acceptors (Lipinski definition) is 3. The van der Waals surface area contributed by atoms with Gasteiger partial charge in [0.05, 0.1) is 12.2 Å². The van der Waals surface area contributed by atoms with Gasteiger partial charge in [0.2, 0.25) is 0 Å². The van der Waals surface area contributed by atoms with Gasteiger partial charge in [-0.15, -0.1) is 0 Å². The predicted octanol–water partition coefficient (Wildman–Crippen LogP) is 1.52. The Hall–Kier alpha value is 0.610. The van der Waals surface area contributed by atoms with Gasteiger partial charge in [0.1, 0.15) is 0 Å². The summed E-state index contributed by atoms with van der Waals surface area (Å²) in [5, 5.41) is 0. The van der Waals surface area contributed by atoms with E-state index in [1.165, 1.54) is 13.0 Å². The first-order valence-electron chi connectivity index (χ1n) is 5.40.